The van der Waals surface area contributed by atoms with E-state index in [9.17, 15) is 4.79 Å². The number of amides is 1. The number of hydrogen-bond acceptors (Lipinski definition) is 1. The Kier molecular flexibility index (Phi) is 10.0. The monoisotopic (exact) mass is 453 g/mol. The van der Waals surface area contributed by atoms with Gasteiger partial charge in [-0.05, 0) is 42.5 Å². The lowest BCUT2D eigenvalue weighted by Crippen LogP contribution is -2.29. The second-order valence-corrected chi connectivity index (χ2v) is 11.4. The predicted molar refractivity (Wildman–Crippen MR) is 142 cm³/mol. The van der Waals surface area contributed by atoms with E-state index in [1.807, 2.05) is 24.3 Å². The molecule has 0 fully saturated rings. The molecule has 3 aromatic rings. The molecule has 0 aliphatic carbocycles. The molecule has 0 radical (unpaired) electrons. The van der Waals surface area contributed by atoms with Crippen molar-refractivity contribution in [3.63, 3.8) is 0 Å². The Labute approximate surface area is 201 Å². The van der Waals surface area contributed by atoms with Crippen molar-refractivity contribution in [1.29, 1.82) is 0 Å². The number of carbonyl (C=O) groups excluding carboxylic acids is 1. The van der Waals surface area contributed by atoms with Crippen LogP contribution >= 0.6 is 0 Å². The molecule has 0 aliphatic heterocycles. The molecule has 3 rings (SSSR count). The van der Waals surface area contributed by atoms with E-state index in [2.05, 4.69) is 91.3 Å². The van der Waals surface area contributed by atoms with Gasteiger partial charge in [0, 0.05) is 0 Å². The number of unbranched alkanes of at least 4 members (excludes halogenated alkanes) is 2. The molecule has 0 spiro atoms. The van der Waals surface area contributed by atoms with Crippen molar-refractivity contribution in [2.24, 2.45) is 0 Å². The lowest BCUT2D eigenvalue weighted by molar-refractivity contribution is -0.116. The van der Waals surface area contributed by atoms with Gasteiger partial charge in [-0.25, -0.2) is 0 Å². The van der Waals surface area contributed by atoms with E-state index in [0.717, 1.165) is 24.1 Å². The Morgan fingerprint density at radius 2 is 1.55 bits per heavy atom. The molecular weight excluding hydrogens is 418 g/mol. The highest BCUT2D eigenvalue weighted by Gasteiger charge is 2.15. The van der Waals surface area contributed by atoms with E-state index in [1.54, 1.807) is 0 Å². The summed E-state index contributed by atoms with van der Waals surface area (Å²) in [5.41, 5.74) is 8.32. The predicted octanol–water partition coefficient (Wildman–Crippen LogP) is 6.14. The van der Waals surface area contributed by atoms with E-state index in [4.69, 9.17) is 0 Å². The van der Waals surface area contributed by atoms with Gasteiger partial charge < -0.3 is 5.32 Å². The van der Waals surface area contributed by atoms with Crippen LogP contribution in [0, 0.1) is 18.4 Å². The number of carbonyl (C=O) groups is 1. The van der Waals surface area contributed by atoms with Crippen molar-refractivity contribution < 1.29 is 4.79 Å². The topological polar surface area (TPSA) is 29.1 Å². The average Bonchev–Trinajstić information content (AvgIpc) is 2.84. The minimum atomic E-state index is -1.36. The van der Waals surface area contributed by atoms with Crippen LogP contribution in [0.15, 0.2) is 84.9 Å². The lowest BCUT2D eigenvalue weighted by Gasteiger charge is -2.18. The van der Waals surface area contributed by atoms with Crippen LogP contribution < -0.4 is 5.32 Å². The first-order valence-corrected chi connectivity index (χ1v) is 14.3. The average molecular weight is 454 g/mol. The maximum Gasteiger partial charge on any atom is 0.295 e. The van der Waals surface area contributed by atoms with Crippen LogP contribution in [0.2, 0.25) is 6.04 Å². The van der Waals surface area contributed by atoms with Crippen LogP contribution in [0.3, 0.4) is 0 Å². The standard InChI is InChI=1S/C30H35NOSi/c1-3-4-11-21-33(24-27-12-7-5-8-13-27)22-20-30(32)31-29(28-14-9-6-10-15-28)23-26-18-16-25(2)17-19-26/h5-10,12-19,29,33H,3-4,11,21,23-24H2,1-2H3,(H,31,32). The molecule has 2 unspecified atom stereocenters. The first kappa shape index (κ1) is 24.5. The molecule has 2 atom stereocenters. The minimum Gasteiger partial charge on any atom is -0.338 e. The fraction of sp³-hybridized carbons (Fsp3) is 0.300. The van der Waals surface area contributed by atoms with Gasteiger partial charge in [-0.1, -0.05) is 122 Å². The largest absolute Gasteiger partial charge is 0.338 e. The summed E-state index contributed by atoms with van der Waals surface area (Å²) in [6, 6.07) is 31.4. The summed E-state index contributed by atoms with van der Waals surface area (Å²) >= 11 is 0. The molecule has 0 saturated carbocycles. The van der Waals surface area contributed by atoms with Gasteiger partial charge in [-0.3, -0.25) is 4.79 Å². The summed E-state index contributed by atoms with van der Waals surface area (Å²) in [6.45, 7) is 4.32. The van der Waals surface area contributed by atoms with Gasteiger partial charge in [0.05, 0.1) is 6.04 Å². The SMILES string of the molecule is CCCCC[SiH](C#CC(=O)NC(Cc1ccc(C)cc1)c1ccccc1)Cc1ccccc1. The zero-order chi connectivity index (χ0) is 23.3. The van der Waals surface area contributed by atoms with Crippen molar-refractivity contribution in [2.75, 3.05) is 0 Å². The quantitative estimate of drug-likeness (QED) is 0.223. The van der Waals surface area contributed by atoms with Crippen LogP contribution in [-0.2, 0) is 17.3 Å². The summed E-state index contributed by atoms with van der Waals surface area (Å²) in [5, 5.41) is 3.19. The van der Waals surface area contributed by atoms with E-state index >= 15 is 0 Å². The summed E-state index contributed by atoms with van der Waals surface area (Å²) in [5.74, 6) is 2.82. The van der Waals surface area contributed by atoms with Crippen LogP contribution in [0.1, 0.15) is 54.5 Å². The summed E-state index contributed by atoms with van der Waals surface area (Å²) in [4.78, 5) is 12.9. The van der Waals surface area contributed by atoms with Gasteiger partial charge in [-0.15, -0.1) is 5.54 Å². The van der Waals surface area contributed by atoms with Crippen LogP contribution in [-0.4, -0.2) is 14.7 Å². The third-order valence-electron chi connectivity index (χ3n) is 5.94. The zero-order valence-corrected chi connectivity index (χ0v) is 21.0. The number of rotatable bonds is 10. The van der Waals surface area contributed by atoms with Crippen molar-refractivity contribution in [3.8, 4) is 11.5 Å². The Hall–Kier alpha value is -3.09. The third-order valence-corrected chi connectivity index (χ3v) is 8.56. The summed E-state index contributed by atoms with van der Waals surface area (Å²) < 4.78 is 0. The van der Waals surface area contributed by atoms with Crippen molar-refractivity contribution in [3.05, 3.63) is 107 Å². The number of nitrogens with one attached hydrogen (secondary N) is 1. The van der Waals surface area contributed by atoms with Gasteiger partial charge >= 0.3 is 0 Å². The maximum absolute atomic E-state index is 12.9. The fourth-order valence-electron chi connectivity index (χ4n) is 4.02. The highest BCUT2D eigenvalue weighted by molar-refractivity contribution is 6.67. The summed E-state index contributed by atoms with van der Waals surface area (Å²) in [7, 11) is -1.36. The normalized spacial score (nSPS) is 12.3. The molecule has 1 amide bonds. The third kappa shape index (κ3) is 8.75. The van der Waals surface area contributed by atoms with E-state index in [1.165, 1.54) is 36.0 Å². The van der Waals surface area contributed by atoms with Gasteiger partial charge in [0.2, 0.25) is 0 Å². The van der Waals surface area contributed by atoms with Gasteiger partial charge in [-0.2, -0.15) is 0 Å². The second-order valence-electron chi connectivity index (χ2n) is 8.78. The molecule has 0 saturated heterocycles. The molecular formula is C30H35NOSi. The maximum atomic E-state index is 12.9. The van der Waals surface area contributed by atoms with E-state index in [-0.39, 0.29) is 11.9 Å². The molecule has 0 bridgehead atoms. The van der Waals surface area contributed by atoms with Crippen LogP contribution in [0.4, 0.5) is 0 Å². The molecule has 3 heteroatoms. The Morgan fingerprint density at radius 1 is 0.879 bits per heavy atom. The fourth-order valence-corrected chi connectivity index (χ4v) is 6.43. The van der Waals surface area contributed by atoms with Gasteiger partial charge in [0.15, 0.2) is 0 Å². The molecule has 0 aromatic heterocycles. The first-order chi connectivity index (χ1) is 16.1. The second kappa shape index (κ2) is 13.5. The number of aryl methyl sites for hydroxylation is 1. The van der Waals surface area contributed by atoms with Crippen molar-refractivity contribution in [2.45, 2.75) is 57.7 Å². The van der Waals surface area contributed by atoms with E-state index < -0.39 is 8.80 Å². The highest BCUT2D eigenvalue weighted by atomic mass is 28.3. The molecule has 0 aliphatic rings. The van der Waals surface area contributed by atoms with Crippen LogP contribution in [0.5, 0.6) is 0 Å². The van der Waals surface area contributed by atoms with Crippen LogP contribution in [0.25, 0.3) is 0 Å². The van der Waals surface area contributed by atoms with Crippen molar-refractivity contribution >= 4 is 14.7 Å². The molecule has 170 valence electrons. The molecule has 33 heavy (non-hydrogen) atoms. The van der Waals surface area contributed by atoms with Gasteiger partial charge in [0.1, 0.15) is 8.80 Å². The molecule has 3 aromatic carbocycles. The number of benzene rings is 3. The first-order valence-electron chi connectivity index (χ1n) is 12.1. The molecule has 0 heterocycles. The van der Waals surface area contributed by atoms with Crippen molar-refractivity contribution in [1.82, 2.24) is 5.32 Å². The minimum absolute atomic E-state index is 0.0926. The molecule has 1 N–H and O–H groups in total. The van der Waals surface area contributed by atoms with E-state index in [0.29, 0.717) is 0 Å². The summed E-state index contributed by atoms with van der Waals surface area (Å²) in [6.07, 6.45) is 4.40. The van der Waals surface area contributed by atoms with Gasteiger partial charge in [0.25, 0.3) is 5.91 Å². The Balaban J connectivity index is 1.71. The zero-order valence-electron chi connectivity index (χ0n) is 19.9. The Morgan fingerprint density at radius 3 is 2.21 bits per heavy atom. The highest BCUT2D eigenvalue weighted by Crippen LogP contribution is 2.19. The Bertz CT molecular complexity index is 1040. The smallest absolute Gasteiger partial charge is 0.295 e. The molecule has 2 nitrogen and oxygen atoms in total. The number of hydrogen-bond donors (Lipinski definition) is 1. The lowest BCUT2D eigenvalue weighted by atomic mass is 9.98.